The molecule has 3 rings (SSSR count). The lowest BCUT2D eigenvalue weighted by molar-refractivity contribution is -0.384. The summed E-state index contributed by atoms with van der Waals surface area (Å²) in [6.45, 7) is 0. The van der Waals surface area contributed by atoms with Gasteiger partial charge in [0.15, 0.2) is 0 Å². The number of carbonyl (C=O) groups is 3. The highest BCUT2D eigenvalue weighted by Gasteiger charge is 2.41. The van der Waals surface area contributed by atoms with Gasteiger partial charge in [-0.2, -0.15) is 0 Å². The van der Waals surface area contributed by atoms with Crippen molar-refractivity contribution in [2.75, 3.05) is 4.90 Å². The molecule has 0 radical (unpaired) electrons. The van der Waals surface area contributed by atoms with Crippen LogP contribution in [0.1, 0.15) is 31.1 Å². The molecule has 0 saturated carbocycles. The quantitative estimate of drug-likeness (QED) is 0.522. The molecule has 0 unspecified atom stereocenters. The second kappa shape index (κ2) is 5.02. The number of anilines is 1. The molecule has 0 atom stereocenters. The summed E-state index contributed by atoms with van der Waals surface area (Å²) in [6.07, 6.45) is 0. The number of para-hydroxylation sites is 1. The van der Waals surface area contributed by atoms with Crippen LogP contribution < -0.4 is 10.6 Å². The molecular weight excluding hydrogens is 302 g/mol. The third kappa shape index (κ3) is 2.04. The molecule has 0 saturated heterocycles. The first-order valence-corrected chi connectivity index (χ1v) is 6.48. The Morgan fingerprint density at radius 1 is 1.00 bits per heavy atom. The molecule has 0 aliphatic carbocycles. The number of nitro groups is 1. The van der Waals surface area contributed by atoms with Gasteiger partial charge in [0.1, 0.15) is 5.69 Å². The third-order valence-electron chi connectivity index (χ3n) is 3.49. The summed E-state index contributed by atoms with van der Waals surface area (Å²) in [5, 5.41) is 11.2. The van der Waals surface area contributed by atoms with Crippen molar-refractivity contribution in [3.63, 3.8) is 0 Å². The molecule has 1 heterocycles. The number of benzene rings is 2. The van der Waals surface area contributed by atoms with E-state index in [1.54, 1.807) is 12.1 Å². The summed E-state index contributed by atoms with van der Waals surface area (Å²) in [6, 6.07) is 9.62. The number of nitrogens with two attached hydrogens (primary N) is 1. The number of primary amides is 1. The van der Waals surface area contributed by atoms with E-state index in [1.165, 1.54) is 24.3 Å². The second-order valence-corrected chi connectivity index (χ2v) is 4.79. The van der Waals surface area contributed by atoms with Gasteiger partial charge in [-0.15, -0.1) is 0 Å². The molecule has 2 aromatic carbocycles. The van der Waals surface area contributed by atoms with Crippen LogP contribution in [0.4, 0.5) is 11.4 Å². The van der Waals surface area contributed by atoms with Crippen molar-refractivity contribution in [1.29, 1.82) is 0 Å². The largest absolute Gasteiger partial charge is 0.366 e. The fourth-order valence-electron chi connectivity index (χ4n) is 2.50. The summed E-state index contributed by atoms with van der Waals surface area (Å²) >= 11 is 0. The lowest BCUT2D eigenvalue weighted by atomic mass is 10.1. The molecular formula is C15H9N3O5. The summed E-state index contributed by atoms with van der Waals surface area (Å²) in [5.41, 5.74) is 4.25. The fourth-order valence-corrected chi connectivity index (χ4v) is 2.50. The maximum Gasteiger partial charge on any atom is 0.294 e. The topological polar surface area (TPSA) is 124 Å². The molecule has 0 spiro atoms. The number of imide groups is 1. The number of nitrogens with zero attached hydrogens (tertiary/aromatic N) is 2. The summed E-state index contributed by atoms with van der Waals surface area (Å²) in [7, 11) is 0. The summed E-state index contributed by atoms with van der Waals surface area (Å²) in [4.78, 5) is 47.7. The summed E-state index contributed by atoms with van der Waals surface area (Å²) in [5.74, 6) is -2.44. The maximum absolute atomic E-state index is 12.5. The van der Waals surface area contributed by atoms with Crippen LogP contribution in [0.25, 0.3) is 0 Å². The van der Waals surface area contributed by atoms with Crippen LogP contribution in [0.2, 0.25) is 0 Å². The Labute approximate surface area is 129 Å². The Hall–Kier alpha value is -3.55. The van der Waals surface area contributed by atoms with Crippen molar-refractivity contribution in [3.8, 4) is 0 Å². The monoisotopic (exact) mass is 311 g/mol. The lowest BCUT2D eigenvalue weighted by Crippen LogP contribution is -2.32. The van der Waals surface area contributed by atoms with Crippen LogP contribution in [0, 0.1) is 10.1 Å². The van der Waals surface area contributed by atoms with E-state index in [-0.39, 0.29) is 16.7 Å². The average Bonchev–Trinajstić information content (AvgIpc) is 2.78. The Bertz CT molecular complexity index is 823. The Kier molecular flexibility index (Phi) is 3.14. The molecule has 3 amide bonds. The van der Waals surface area contributed by atoms with Gasteiger partial charge < -0.3 is 5.73 Å². The maximum atomic E-state index is 12.5. The van der Waals surface area contributed by atoms with Crippen molar-refractivity contribution in [3.05, 3.63) is 69.3 Å². The molecule has 8 heteroatoms. The van der Waals surface area contributed by atoms with E-state index >= 15 is 0 Å². The lowest BCUT2D eigenvalue weighted by Gasteiger charge is -2.16. The predicted octanol–water partition coefficient (Wildman–Crippen LogP) is 1.49. The van der Waals surface area contributed by atoms with Gasteiger partial charge in [0.05, 0.1) is 21.6 Å². The Balaban J connectivity index is 2.28. The molecule has 8 nitrogen and oxygen atoms in total. The number of hydrogen-bond acceptors (Lipinski definition) is 5. The van der Waals surface area contributed by atoms with Gasteiger partial charge in [-0.25, -0.2) is 4.90 Å². The van der Waals surface area contributed by atoms with Gasteiger partial charge in [-0.05, 0) is 18.2 Å². The number of carbonyl (C=O) groups excluding carboxylic acids is 3. The summed E-state index contributed by atoms with van der Waals surface area (Å²) < 4.78 is 0. The fraction of sp³-hybridized carbons (Fsp3) is 0. The number of rotatable bonds is 3. The Morgan fingerprint density at radius 3 is 2.04 bits per heavy atom. The first-order chi connectivity index (χ1) is 10.9. The minimum absolute atomic E-state index is 0.117. The van der Waals surface area contributed by atoms with E-state index in [0.717, 1.165) is 6.07 Å². The first kappa shape index (κ1) is 14.4. The van der Waals surface area contributed by atoms with Crippen LogP contribution in [0.15, 0.2) is 42.5 Å². The van der Waals surface area contributed by atoms with Crippen molar-refractivity contribution >= 4 is 29.1 Å². The van der Waals surface area contributed by atoms with Crippen LogP contribution in [-0.4, -0.2) is 22.6 Å². The zero-order valence-electron chi connectivity index (χ0n) is 11.6. The second-order valence-electron chi connectivity index (χ2n) is 4.79. The molecule has 2 aromatic rings. The highest BCUT2D eigenvalue weighted by atomic mass is 16.6. The van der Waals surface area contributed by atoms with E-state index in [2.05, 4.69) is 0 Å². The van der Waals surface area contributed by atoms with Gasteiger partial charge >= 0.3 is 0 Å². The molecule has 0 fully saturated rings. The first-order valence-electron chi connectivity index (χ1n) is 6.48. The average molecular weight is 311 g/mol. The number of amides is 3. The van der Waals surface area contributed by atoms with Crippen molar-refractivity contribution < 1.29 is 19.3 Å². The zero-order valence-corrected chi connectivity index (χ0v) is 11.6. The molecule has 2 N–H and O–H groups in total. The smallest absolute Gasteiger partial charge is 0.294 e. The van der Waals surface area contributed by atoms with Gasteiger partial charge in [0.25, 0.3) is 23.4 Å². The number of hydrogen-bond donors (Lipinski definition) is 1. The van der Waals surface area contributed by atoms with Gasteiger partial charge in [-0.3, -0.25) is 24.5 Å². The van der Waals surface area contributed by atoms with Gasteiger partial charge in [-0.1, -0.05) is 18.2 Å². The van der Waals surface area contributed by atoms with Crippen LogP contribution in [-0.2, 0) is 0 Å². The number of fused-ring (bicyclic) bond motifs is 1. The third-order valence-corrected chi connectivity index (χ3v) is 3.49. The van der Waals surface area contributed by atoms with Crippen molar-refractivity contribution in [1.82, 2.24) is 0 Å². The SMILES string of the molecule is NC(=O)c1cccc([N+](=O)[O-])c1N1C(=O)c2ccccc2C1=O. The van der Waals surface area contributed by atoms with Crippen LogP contribution in [0.3, 0.4) is 0 Å². The van der Waals surface area contributed by atoms with Crippen LogP contribution >= 0.6 is 0 Å². The molecule has 114 valence electrons. The molecule has 23 heavy (non-hydrogen) atoms. The van der Waals surface area contributed by atoms with Crippen LogP contribution in [0.5, 0.6) is 0 Å². The minimum Gasteiger partial charge on any atom is -0.366 e. The molecule has 0 bridgehead atoms. The Morgan fingerprint density at radius 2 is 1.57 bits per heavy atom. The van der Waals surface area contributed by atoms with Crippen molar-refractivity contribution in [2.45, 2.75) is 0 Å². The zero-order chi connectivity index (χ0) is 16.7. The minimum atomic E-state index is -0.972. The van der Waals surface area contributed by atoms with E-state index in [9.17, 15) is 24.5 Å². The van der Waals surface area contributed by atoms with Gasteiger partial charge in [0.2, 0.25) is 0 Å². The molecule has 1 aliphatic rings. The van der Waals surface area contributed by atoms with E-state index < -0.39 is 34.0 Å². The molecule has 0 aromatic heterocycles. The predicted molar refractivity (Wildman–Crippen MR) is 79.2 cm³/mol. The number of nitro benzene ring substituents is 1. The normalized spacial score (nSPS) is 13.1. The highest BCUT2D eigenvalue weighted by molar-refractivity contribution is 6.36. The van der Waals surface area contributed by atoms with Gasteiger partial charge in [0, 0.05) is 6.07 Å². The van der Waals surface area contributed by atoms with Crippen molar-refractivity contribution in [2.24, 2.45) is 5.73 Å². The van der Waals surface area contributed by atoms with E-state index in [0.29, 0.717) is 4.90 Å². The van der Waals surface area contributed by atoms with E-state index in [4.69, 9.17) is 5.73 Å². The highest BCUT2D eigenvalue weighted by Crippen LogP contribution is 2.37. The van der Waals surface area contributed by atoms with E-state index in [1.807, 2.05) is 0 Å². The molecule has 1 aliphatic heterocycles. The standard InChI is InChI=1S/C15H9N3O5/c16-13(19)10-6-3-7-11(18(22)23)12(10)17-14(20)8-4-1-2-5-9(8)15(17)21/h1-7H,(H2,16,19).